The maximum absolute atomic E-state index is 5.68. The van der Waals surface area contributed by atoms with Crippen molar-refractivity contribution in [2.45, 2.75) is 20.0 Å². The molecule has 0 aromatic heterocycles. The second kappa shape index (κ2) is 15.1. The molecule has 1 aliphatic rings. The minimum atomic E-state index is 0.426. The summed E-state index contributed by atoms with van der Waals surface area (Å²) in [5.41, 5.74) is 9.53. The van der Waals surface area contributed by atoms with Crippen LogP contribution in [0.2, 0.25) is 0 Å². The van der Waals surface area contributed by atoms with Crippen LogP contribution >= 0.6 is 0 Å². The molecule has 3 aromatic carbocycles. The third kappa shape index (κ3) is 8.75. The first-order valence-corrected chi connectivity index (χ1v) is 11.4. The van der Waals surface area contributed by atoms with Gasteiger partial charge in [-0.2, -0.15) is 0 Å². The predicted octanol–water partition coefficient (Wildman–Crippen LogP) is 5.01. The topological polar surface area (TPSA) is 44.9 Å². The normalized spacial score (nSPS) is 16.2. The van der Waals surface area contributed by atoms with Gasteiger partial charge in [0, 0.05) is 39.4 Å². The highest BCUT2D eigenvalue weighted by Gasteiger charge is 2.31. The molecule has 1 saturated heterocycles. The third-order valence-corrected chi connectivity index (χ3v) is 5.30. The molecule has 3 aromatic rings. The van der Waals surface area contributed by atoms with Crippen molar-refractivity contribution in [2.24, 2.45) is 10.7 Å². The summed E-state index contributed by atoms with van der Waals surface area (Å²) in [5.74, 6) is 0. The minimum absolute atomic E-state index is 0.426. The zero-order valence-corrected chi connectivity index (χ0v) is 19.8. The average Bonchev–Trinajstić information content (AvgIpc) is 3.25. The third-order valence-electron chi connectivity index (χ3n) is 5.30. The number of aliphatic imine (C=N–C) groups is 1. The summed E-state index contributed by atoms with van der Waals surface area (Å²) in [7, 11) is 1.77. The number of nitrogens with zero attached hydrogens (tertiary/aromatic N) is 3. The Balaban J connectivity index is 0.000000191. The highest BCUT2D eigenvalue weighted by atomic mass is 15.4. The van der Waals surface area contributed by atoms with E-state index in [1.54, 1.807) is 7.05 Å². The zero-order chi connectivity index (χ0) is 23.0. The number of likely N-dealkylation sites (N-methyl/N-ethyl adjacent to an activating group) is 1. The Morgan fingerprint density at radius 1 is 0.844 bits per heavy atom. The van der Waals surface area contributed by atoms with Crippen molar-refractivity contribution in [2.75, 3.05) is 39.8 Å². The van der Waals surface area contributed by atoms with Crippen LogP contribution in [0.15, 0.2) is 96.0 Å². The van der Waals surface area contributed by atoms with Crippen LogP contribution < -0.4 is 5.73 Å². The van der Waals surface area contributed by atoms with Gasteiger partial charge in [0.05, 0.1) is 6.17 Å². The van der Waals surface area contributed by atoms with Crippen LogP contribution in [0.4, 0.5) is 0 Å². The number of hydrogen-bond donors (Lipinski definition) is 1. The molecular weight excluding hydrogens is 392 g/mol. The van der Waals surface area contributed by atoms with Gasteiger partial charge >= 0.3 is 0 Å². The number of benzene rings is 3. The van der Waals surface area contributed by atoms with E-state index in [0.29, 0.717) is 6.17 Å². The van der Waals surface area contributed by atoms with E-state index in [1.807, 2.05) is 54.7 Å². The summed E-state index contributed by atoms with van der Waals surface area (Å²) in [6, 6.07) is 31.0. The second-order valence-electron chi connectivity index (χ2n) is 7.69. The van der Waals surface area contributed by atoms with E-state index in [9.17, 15) is 0 Å². The number of aryl methyl sites for hydroxylation is 1. The number of hydrogen-bond acceptors (Lipinski definition) is 4. The van der Waals surface area contributed by atoms with Gasteiger partial charge in [0.1, 0.15) is 0 Å². The van der Waals surface area contributed by atoms with Crippen molar-refractivity contribution in [3.8, 4) is 0 Å². The fraction of sp³-hybridized carbons (Fsp3) is 0.321. The molecule has 4 rings (SSSR count). The van der Waals surface area contributed by atoms with E-state index in [1.165, 1.54) is 11.1 Å². The summed E-state index contributed by atoms with van der Waals surface area (Å²) >= 11 is 0. The van der Waals surface area contributed by atoms with E-state index < -0.39 is 0 Å². The Bertz CT molecular complexity index is 866. The summed E-state index contributed by atoms with van der Waals surface area (Å²) in [5, 5.41) is 0. The monoisotopic (exact) mass is 430 g/mol. The molecule has 32 heavy (non-hydrogen) atoms. The molecule has 0 radical (unpaired) electrons. The van der Waals surface area contributed by atoms with Crippen LogP contribution in [0.5, 0.6) is 0 Å². The van der Waals surface area contributed by atoms with Gasteiger partial charge in [0.2, 0.25) is 0 Å². The van der Waals surface area contributed by atoms with Crippen LogP contribution in [0.3, 0.4) is 0 Å². The lowest BCUT2D eigenvalue weighted by atomic mass is 10.1. The van der Waals surface area contributed by atoms with Gasteiger partial charge < -0.3 is 5.73 Å². The van der Waals surface area contributed by atoms with Gasteiger partial charge in [0.15, 0.2) is 0 Å². The molecule has 4 heteroatoms. The van der Waals surface area contributed by atoms with Crippen molar-refractivity contribution >= 4 is 6.21 Å². The van der Waals surface area contributed by atoms with E-state index in [-0.39, 0.29) is 0 Å². The highest BCUT2D eigenvalue weighted by Crippen LogP contribution is 2.28. The van der Waals surface area contributed by atoms with Gasteiger partial charge in [-0.05, 0) is 24.6 Å². The van der Waals surface area contributed by atoms with Crippen molar-refractivity contribution < 1.29 is 0 Å². The average molecular weight is 431 g/mol. The molecule has 170 valence electrons. The fourth-order valence-electron chi connectivity index (χ4n) is 3.73. The fourth-order valence-corrected chi connectivity index (χ4v) is 3.73. The molecule has 0 aliphatic carbocycles. The van der Waals surface area contributed by atoms with Gasteiger partial charge in [-0.15, -0.1) is 0 Å². The van der Waals surface area contributed by atoms with Crippen LogP contribution in [-0.2, 0) is 0 Å². The maximum atomic E-state index is 5.68. The number of rotatable bonds is 5. The summed E-state index contributed by atoms with van der Waals surface area (Å²) in [6.45, 7) is 9.40. The lowest BCUT2D eigenvalue weighted by molar-refractivity contribution is 0.146. The van der Waals surface area contributed by atoms with E-state index in [4.69, 9.17) is 5.73 Å². The van der Waals surface area contributed by atoms with Gasteiger partial charge in [-0.25, -0.2) is 0 Å². The van der Waals surface area contributed by atoms with Crippen LogP contribution in [0.25, 0.3) is 0 Å². The highest BCUT2D eigenvalue weighted by molar-refractivity contribution is 5.79. The quantitative estimate of drug-likeness (QED) is 0.579. The van der Waals surface area contributed by atoms with Gasteiger partial charge in [-0.1, -0.05) is 103 Å². The minimum Gasteiger partial charge on any atom is -0.329 e. The van der Waals surface area contributed by atoms with E-state index >= 15 is 0 Å². The summed E-state index contributed by atoms with van der Waals surface area (Å²) in [4.78, 5) is 8.86. The maximum Gasteiger partial charge on any atom is 0.0887 e. The van der Waals surface area contributed by atoms with Crippen LogP contribution in [0.1, 0.15) is 29.8 Å². The molecule has 4 nitrogen and oxygen atoms in total. The first-order chi connectivity index (χ1) is 15.7. The van der Waals surface area contributed by atoms with Gasteiger partial charge in [0.25, 0.3) is 0 Å². The molecule has 0 spiro atoms. The molecule has 1 fully saturated rings. The lowest BCUT2D eigenvalue weighted by Gasteiger charge is -2.29. The Morgan fingerprint density at radius 3 is 1.84 bits per heavy atom. The molecule has 0 saturated carbocycles. The largest absolute Gasteiger partial charge is 0.329 e. The first-order valence-electron chi connectivity index (χ1n) is 11.4. The standard InChI is InChI=1S/C13H21N3.C8H9N.C7H8/c1-2-15-10-11-16(9-8-14)13(15)12-6-4-3-5-7-12;1-9-7-8-5-3-2-4-6-8;1-7-5-3-2-4-6-7/h3-7,13H,2,8-11,14H2,1H3;2-7H,1H3;2-6H,1H3. The van der Waals surface area contributed by atoms with Gasteiger partial charge in [-0.3, -0.25) is 14.8 Å². The summed E-state index contributed by atoms with van der Waals surface area (Å²) in [6.07, 6.45) is 2.26. The lowest BCUT2D eigenvalue weighted by Crippen LogP contribution is -2.33. The number of nitrogens with two attached hydrogens (primary N) is 1. The Hall–Kier alpha value is -2.79. The molecule has 1 unspecified atom stereocenters. The first kappa shape index (κ1) is 25.5. The molecule has 0 amide bonds. The second-order valence-corrected chi connectivity index (χ2v) is 7.69. The molecule has 0 bridgehead atoms. The Labute approximate surface area is 194 Å². The molecule has 2 N–H and O–H groups in total. The summed E-state index contributed by atoms with van der Waals surface area (Å²) < 4.78 is 0. The SMILES string of the molecule is CCN1CCN(CCN)C1c1ccccc1.CN=Cc1ccccc1.Cc1ccccc1. The van der Waals surface area contributed by atoms with Crippen molar-refractivity contribution in [1.29, 1.82) is 0 Å². The Morgan fingerprint density at radius 2 is 1.38 bits per heavy atom. The van der Waals surface area contributed by atoms with E-state index in [2.05, 4.69) is 71.1 Å². The van der Waals surface area contributed by atoms with Crippen molar-refractivity contribution in [3.63, 3.8) is 0 Å². The molecule has 1 heterocycles. The van der Waals surface area contributed by atoms with Crippen molar-refractivity contribution in [1.82, 2.24) is 9.80 Å². The van der Waals surface area contributed by atoms with E-state index in [0.717, 1.165) is 38.3 Å². The van der Waals surface area contributed by atoms with Crippen LogP contribution in [-0.4, -0.2) is 55.8 Å². The predicted molar refractivity (Wildman–Crippen MR) is 138 cm³/mol. The smallest absolute Gasteiger partial charge is 0.0887 e. The molecule has 1 aliphatic heterocycles. The molecule has 1 atom stereocenters. The van der Waals surface area contributed by atoms with Crippen molar-refractivity contribution in [3.05, 3.63) is 108 Å². The zero-order valence-electron chi connectivity index (χ0n) is 19.8. The van der Waals surface area contributed by atoms with Crippen LogP contribution in [0, 0.1) is 6.92 Å². The molecular formula is C28H38N4. The Kier molecular flexibility index (Phi) is 12.0.